The first-order valence-electron chi connectivity index (χ1n) is 7.37. The van der Waals surface area contributed by atoms with Gasteiger partial charge in [0.05, 0.1) is 6.61 Å². The highest BCUT2D eigenvalue weighted by Crippen LogP contribution is 2.18. The van der Waals surface area contributed by atoms with Gasteiger partial charge in [0.25, 0.3) is 0 Å². The monoisotopic (exact) mass is 299 g/mol. The highest BCUT2D eigenvalue weighted by Gasteiger charge is 2.34. The number of esters is 1. The molecule has 1 heterocycles. The molecule has 0 saturated carbocycles. The van der Waals surface area contributed by atoms with Crippen molar-refractivity contribution in [2.75, 3.05) is 13.2 Å². The van der Waals surface area contributed by atoms with Gasteiger partial charge in [-0.15, -0.1) is 5.10 Å². The van der Waals surface area contributed by atoms with Crippen molar-refractivity contribution in [2.24, 2.45) is 27.7 Å². The lowest BCUT2D eigenvalue weighted by Gasteiger charge is -2.36. The lowest BCUT2D eigenvalue weighted by molar-refractivity contribution is -0.794. The van der Waals surface area contributed by atoms with E-state index in [9.17, 15) is 10.0 Å². The maximum Gasteiger partial charge on any atom is 0.338 e. The molecule has 0 aliphatic carbocycles. The number of guanidine groups is 1. The molecule has 0 radical (unpaired) electrons. The Hall–Kier alpha value is -1.51. The largest absolute Gasteiger partial charge is 0.604 e. The number of nitrogens with zero attached hydrogens (tertiary/aromatic N) is 3. The van der Waals surface area contributed by atoms with E-state index in [1.54, 1.807) is 6.92 Å². The van der Waals surface area contributed by atoms with Gasteiger partial charge in [0.15, 0.2) is 0 Å². The van der Waals surface area contributed by atoms with Gasteiger partial charge >= 0.3 is 11.9 Å². The van der Waals surface area contributed by atoms with E-state index in [-0.39, 0.29) is 25.1 Å². The summed E-state index contributed by atoms with van der Waals surface area (Å²) in [6.45, 7) is 3.96. The van der Waals surface area contributed by atoms with Crippen molar-refractivity contribution in [3.8, 4) is 0 Å². The molecule has 2 atom stereocenters. The number of nitrogens with two attached hydrogens (primary N) is 2. The summed E-state index contributed by atoms with van der Waals surface area (Å²) >= 11 is 0. The molecule has 0 aromatic carbocycles. The van der Waals surface area contributed by atoms with Gasteiger partial charge in [-0.3, -0.25) is 4.79 Å². The van der Waals surface area contributed by atoms with Crippen LogP contribution in [0.1, 0.15) is 46.0 Å². The van der Waals surface area contributed by atoms with Crippen molar-refractivity contribution in [3.05, 3.63) is 5.21 Å². The van der Waals surface area contributed by atoms with Crippen LogP contribution in [0.25, 0.3) is 0 Å². The molecule has 8 nitrogen and oxygen atoms in total. The Morgan fingerprint density at radius 3 is 2.67 bits per heavy atom. The van der Waals surface area contributed by atoms with Crippen molar-refractivity contribution < 1.29 is 14.3 Å². The first-order valence-corrected chi connectivity index (χ1v) is 7.37. The molecule has 0 aromatic rings. The van der Waals surface area contributed by atoms with Gasteiger partial charge in [0, 0.05) is 0 Å². The van der Waals surface area contributed by atoms with Crippen LogP contribution in [0.4, 0.5) is 0 Å². The predicted octanol–water partition coefficient (Wildman–Crippen LogP) is 1.01. The smallest absolute Gasteiger partial charge is 0.338 e. The van der Waals surface area contributed by atoms with E-state index >= 15 is 0 Å². The van der Waals surface area contributed by atoms with Crippen LogP contribution in [0.2, 0.25) is 0 Å². The van der Waals surface area contributed by atoms with E-state index < -0.39 is 10.7 Å². The fourth-order valence-corrected chi connectivity index (χ4v) is 2.16. The Labute approximate surface area is 125 Å². The number of hydroxylamine groups is 2. The third kappa shape index (κ3) is 5.07. The standard InChI is InChI=1S/C13H25N5O3/c1-3-5-6-7-8-10(12(19)21-4-2)11-9-18(15,20)13(14)17-16-11/h10H,3-9,15H2,1-2H3,(H2,14,17). The molecule has 0 amide bonds. The van der Waals surface area contributed by atoms with Gasteiger partial charge < -0.3 is 15.7 Å². The van der Waals surface area contributed by atoms with Crippen LogP contribution in [-0.2, 0) is 9.53 Å². The van der Waals surface area contributed by atoms with E-state index in [1.807, 2.05) is 0 Å². The molecule has 0 saturated heterocycles. The van der Waals surface area contributed by atoms with Crippen LogP contribution in [0.15, 0.2) is 10.2 Å². The second-order valence-electron chi connectivity index (χ2n) is 5.16. The van der Waals surface area contributed by atoms with Crippen molar-refractivity contribution in [3.63, 3.8) is 0 Å². The minimum Gasteiger partial charge on any atom is -0.604 e. The van der Waals surface area contributed by atoms with Crippen molar-refractivity contribution in [1.82, 2.24) is 0 Å². The Balaban J connectivity index is 2.79. The van der Waals surface area contributed by atoms with Crippen LogP contribution in [0, 0.1) is 11.1 Å². The maximum absolute atomic E-state index is 12.1. The predicted molar refractivity (Wildman–Crippen MR) is 80.6 cm³/mol. The van der Waals surface area contributed by atoms with Gasteiger partial charge in [-0.2, -0.15) is 5.84 Å². The Morgan fingerprint density at radius 1 is 1.38 bits per heavy atom. The van der Waals surface area contributed by atoms with Gasteiger partial charge in [-0.1, -0.05) is 37.7 Å². The summed E-state index contributed by atoms with van der Waals surface area (Å²) in [5.41, 5.74) is 5.75. The molecule has 0 bridgehead atoms. The third-order valence-electron chi connectivity index (χ3n) is 3.39. The number of quaternary nitrogens is 1. The topological polar surface area (TPSA) is 126 Å². The van der Waals surface area contributed by atoms with Gasteiger partial charge in [0.1, 0.15) is 18.2 Å². The van der Waals surface area contributed by atoms with Crippen molar-refractivity contribution >= 4 is 17.6 Å². The second kappa shape index (κ2) is 8.06. The zero-order valence-electron chi connectivity index (χ0n) is 12.7. The summed E-state index contributed by atoms with van der Waals surface area (Å²) in [7, 11) is 0. The molecule has 2 unspecified atom stereocenters. The van der Waals surface area contributed by atoms with Crippen LogP contribution < -0.4 is 11.6 Å². The fraction of sp³-hybridized carbons (Fsp3) is 0.769. The van der Waals surface area contributed by atoms with Gasteiger partial charge in [0.2, 0.25) is 0 Å². The maximum atomic E-state index is 12.1. The molecular weight excluding hydrogens is 274 g/mol. The molecule has 1 rings (SSSR count). The molecule has 0 fully saturated rings. The van der Waals surface area contributed by atoms with Crippen LogP contribution in [0.5, 0.6) is 0 Å². The summed E-state index contributed by atoms with van der Waals surface area (Å²) in [5, 5.41) is 19.4. The van der Waals surface area contributed by atoms with E-state index in [2.05, 4.69) is 17.1 Å². The average molecular weight is 299 g/mol. The summed E-state index contributed by atoms with van der Waals surface area (Å²) in [6.07, 6.45) is 4.66. The lowest BCUT2D eigenvalue weighted by Crippen LogP contribution is -2.62. The van der Waals surface area contributed by atoms with Crippen LogP contribution in [-0.4, -0.2) is 35.5 Å². The van der Waals surface area contributed by atoms with E-state index in [4.69, 9.17) is 16.3 Å². The number of unbranched alkanes of at least 4 members (excludes halogenated alkanes) is 3. The molecular formula is C13H25N5O3. The van der Waals surface area contributed by atoms with Crippen LogP contribution >= 0.6 is 0 Å². The minimum atomic E-state index is -1.32. The zero-order valence-corrected chi connectivity index (χ0v) is 12.7. The molecule has 4 N–H and O–H groups in total. The molecule has 1 aliphatic heterocycles. The van der Waals surface area contributed by atoms with E-state index in [0.29, 0.717) is 12.1 Å². The first-order chi connectivity index (χ1) is 9.92. The number of hydrogen-bond donors (Lipinski definition) is 2. The summed E-state index contributed by atoms with van der Waals surface area (Å²) in [4.78, 5) is 12.1. The third-order valence-corrected chi connectivity index (χ3v) is 3.39. The normalized spacial score (nSPS) is 23.2. The van der Waals surface area contributed by atoms with Crippen molar-refractivity contribution in [1.29, 1.82) is 0 Å². The van der Waals surface area contributed by atoms with Gasteiger partial charge in [-0.25, -0.2) is 4.76 Å². The number of ether oxygens (including phenoxy) is 1. The summed E-state index contributed by atoms with van der Waals surface area (Å²) in [6, 6.07) is 0. The number of carbonyl (C=O) groups excluding carboxylic acids is 1. The van der Waals surface area contributed by atoms with Crippen LogP contribution in [0.3, 0.4) is 0 Å². The highest BCUT2D eigenvalue weighted by atomic mass is 16.6. The molecule has 0 aromatic heterocycles. The first kappa shape index (κ1) is 17.5. The molecule has 8 heteroatoms. The lowest BCUT2D eigenvalue weighted by atomic mass is 9.95. The number of hydrogen-bond acceptors (Lipinski definition) is 7. The second-order valence-corrected chi connectivity index (χ2v) is 5.16. The van der Waals surface area contributed by atoms with Crippen molar-refractivity contribution in [2.45, 2.75) is 46.0 Å². The molecule has 1 aliphatic rings. The van der Waals surface area contributed by atoms with E-state index in [1.165, 1.54) is 0 Å². The molecule has 0 spiro atoms. The van der Waals surface area contributed by atoms with E-state index in [0.717, 1.165) is 25.7 Å². The quantitative estimate of drug-likeness (QED) is 0.227. The average Bonchev–Trinajstić information content (AvgIpc) is 2.42. The number of carbonyl (C=O) groups is 1. The number of rotatable bonds is 8. The minimum absolute atomic E-state index is 0.174. The fourth-order valence-electron chi connectivity index (χ4n) is 2.16. The Kier molecular flexibility index (Phi) is 6.73. The summed E-state index contributed by atoms with van der Waals surface area (Å²) < 4.78 is 3.74. The summed E-state index contributed by atoms with van der Waals surface area (Å²) in [5.74, 6) is 4.22. The SMILES string of the molecule is CCCCCCC(C(=O)OCC)C1=NN=C(N)[N+](N)([O-])C1. The highest BCUT2D eigenvalue weighted by molar-refractivity contribution is 6.04. The van der Waals surface area contributed by atoms with Gasteiger partial charge in [-0.05, 0) is 13.3 Å². The molecule has 120 valence electrons. The molecule has 21 heavy (non-hydrogen) atoms. The Bertz CT molecular complexity index is 420. The Morgan fingerprint density at radius 2 is 2.10 bits per heavy atom. The zero-order chi connectivity index (χ0) is 15.9.